The van der Waals surface area contributed by atoms with Crippen molar-refractivity contribution >= 4 is 57.0 Å². The van der Waals surface area contributed by atoms with Gasteiger partial charge in [0.25, 0.3) is 0 Å². The van der Waals surface area contributed by atoms with E-state index in [1.165, 1.54) is 0 Å². The van der Waals surface area contributed by atoms with Crippen LogP contribution in [0, 0.1) is 0 Å². The molecule has 0 bridgehead atoms. The second kappa shape index (κ2) is 8.15. The Morgan fingerprint density at radius 2 is 1.05 bits per heavy atom. The number of benzene rings is 2. The van der Waals surface area contributed by atoms with Crippen molar-refractivity contribution in [2.45, 2.75) is 10.7 Å². The van der Waals surface area contributed by atoms with Crippen molar-refractivity contribution in [3.8, 4) is 0 Å². The van der Waals surface area contributed by atoms with Crippen LogP contribution < -0.4 is 10.9 Å². The van der Waals surface area contributed by atoms with Gasteiger partial charge in [-0.25, -0.2) is 0 Å². The minimum atomic E-state index is -1.17. The third-order valence-electron chi connectivity index (χ3n) is 3.10. The van der Waals surface area contributed by atoms with Crippen LogP contribution in [0.4, 0.5) is 0 Å². The molecule has 0 radical (unpaired) electrons. The Labute approximate surface area is 141 Å². The Balaban J connectivity index is 2.01. The third kappa shape index (κ3) is 4.69. The lowest BCUT2D eigenvalue weighted by atomic mass is 9.71. The van der Waals surface area contributed by atoms with E-state index < -0.39 is 14.2 Å². The first-order valence-corrected chi connectivity index (χ1v) is 8.69. The molecule has 0 aliphatic rings. The molecule has 21 heavy (non-hydrogen) atoms. The maximum atomic E-state index is 10.0. The zero-order valence-corrected chi connectivity index (χ0v) is 14.4. The molecule has 0 saturated carbocycles. The summed E-state index contributed by atoms with van der Waals surface area (Å²) < 4.78 is 5.26. The molecule has 0 aliphatic carbocycles. The van der Waals surface area contributed by atoms with Crippen molar-refractivity contribution in [3.63, 3.8) is 0 Å². The molecule has 2 aromatic rings. The van der Waals surface area contributed by atoms with Gasteiger partial charge in [0.2, 0.25) is 0 Å². The van der Waals surface area contributed by atoms with Crippen LogP contribution in [-0.2, 0) is 15.2 Å². The summed E-state index contributed by atoms with van der Waals surface area (Å²) in [5.41, 5.74) is 3.43. The average Bonchev–Trinajstić information content (AvgIpc) is 2.55. The second-order valence-electron chi connectivity index (χ2n) is 4.59. The maximum Gasteiger partial charge on any atom is 0.477 e. The molecule has 108 valence electrons. The number of hydrogen-bond acceptors (Lipinski definition) is 3. The second-order valence-corrected chi connectivity index (χ2v) is 5.71. The van der Waals surface area contributed by atoms with E-state index in [0.29, 0.717) is 10.9 Å². The molecule has 0 amide bonds. The molecule has 0 saturated heterocycles. The van der Waals surface area contributed by atoms with Gasteiger partial charge in [-0.1, -0.05) is 80.4 Å². The molecule has 2 rings (SSSR count). The lowest BCUT2D eigenvalue weighted by molar-refractivity contribution is 0.379. The molecule has 0 aliphatic heterocycles. The van der Waals surface area contributed by atoms with Gasteiger partial charge in [0, 0.05) is 10.7 Å². The van der Waals surface area contributed by atoms with E-state index >= 15 is 0 Å². The van der Waals surface area contributed by atoms with Crippen molar-refractivity contribution in [2.75, 3.05) is 0 Å². The van der Waals surface area contributed by atoms with E-state index in [0.717, 1.165) is 21.8 Å². The van der Waals surface area contributed by atoms with Crippen LogP contribution in [0.1, 0.15) is 11.1 Å². The predicted molar refractivity (Wildman–Crippen MR) is 94.4 cm³/mol. The molecule has 0 heterocycles. The van der Waals surface area contributed by atoms with Crippen molar-refractivity contribution in [3.05, 3.63) is 59.7 Å². The van der Waals surface area contributed by atoms with Gasteiger partial charge in [-0.05, 0) is 22.1 Å². The first-order valence-electron chi connectivity index (χ1n) is 6.45. The Bertz CT molecular complexity index is 512. The fourth-order valence-corrected chi connectivity index (χ4v) is 2.57. The van der Waals surface area contributed by atoms with Crippen LogP contribution in [0.15, 0.2) is 48.5 Å². The number of alkyl halides is 2. The third-order valence-corrected chi connectivity index (χ3v) is 4.39. The van der Waals surface area contributed by atoms with Crippen LogP contribution in [0.25, 0.3) is 0 Å². The van der Waals surface area contributed by atoms with Crippen molar-refractivity contribution in [2.24, 2.45) is 0 Å². The van der Waals surface area contributed by atoms with Crippen LogP contribution in [0.3, 0.4) is 0 Å². The fourth-order valence-electron chi connectivity index (χ4n) is 1.82. The normalized spacial score (nSPS) is 10.5. The summed E-state index contributed by atoms with van der Waals surface area (Å²) in [6.07, 6.45) is 0. The highest BCUT2D eigenvalue weighted by molar-refractivity contribution is 9.08. The van der Waals surface area contributed by atoms with Crippen LogP contribution in [-0.4, -0.2) is 24.3 Å². The molecule has 3 nitrogen and oxygen atoms in total. The van der Waals surface area contributed by atoms with Crippen molar-refractivity contribution < 1.29 is 14.6 Å². The Morgan fingerprint density at radius 3 is 1.33 bits per heavy atom. The van der Waals surface area contributed by atoms with Crippen LogP contribution in [0.2, 0.25) is 0 Å². The first-order chi connectivity index (χ1) is 10.1. The van der Waals surface area contributed by atoms with Gasteiger partial charge < -0.3 is 14.6 Å². The molecular weight excluding hydrogens is 398 g/mol. The smallest absolute Gasteiger partial charge is 0.443 e. The molecule has 0 fully saturated rings. The minimum absolute atomic E-state index is 0.607. The van der Waals surface area contributed by atoms with E-state index in [1.807, 2.05) is 24.3 Å². The Hall–Kier alpha value is -0.590. The molecule has 2 aromatic carbocycles. The monoisotopic (exact) mass is 410 g/mol. The van der Waals surface area contributed by atoms with Gasteiger partial charge in [0.1, 0.15) is 0 Å². The van der Waals surface area contributed by atoms with Gasteiger partial charge in [-0.2, -0.15) is 0 Å². The highest BCUT2D eigenvalue weighted by atomic mass is 79.9. The lowest BCUT2D eigenvalue weighted by Gasteiger charge is -2.12. The SMILES string of the molecule is OB(OB(O)c1ccc(CBr)cc1)c1ccc(CBr)cc1. The van der Waals surface area contributed by atoms with Crippen molar-refractivity contribution in [1.82, 2.24) is 0 Å². The quantitative estimate of drug-likeness (QED) is 0.560. The summed E-state index contributed by atoms with van der Waals surface area (Å²) in [7, 11) is -2.33. The summed E-state index contributed by atoms with van der Waals surface area (Å²) in [6.45, 7) is 0. The molecule has 0 unspecified atom stereocenters. The van der Waals surface area contributed by atoms with Gasteiger partial charge in [-0.3, -0.25) is 0 Å². The highest BCUT2D eigenvalue weighted by Crippen LogP contribution is 2.05. The molecule has 0 atom stereocenters. The van der Waals surface area contributed by atoms with Crippen molar-refractivity contribution in [1.29, 1.82) is 0 Å². The summed E-state index contributed by atoms with van der Waals surface area (Å²) >= 11 is 6.73. The number of halogens is 2. The number of rotatable bonds is 6. The van der Waals surface area contributed by atoms with E-state index in [9.17, 15) is 10.0 Å². The first kappa shape index (κ1) is 16.8. The standard InChI is InChI=1S/C14H14B2Br2O3/c17-9-11-1-5-13(6-2-11)15(19)21-16(20)14-7-3-12(10-18)4-8-14/h1-8,19-20H,9-10H2. The molecule has 0 aromatic heterocycles. The summed E-state index contributed by atoms with van der Waals surface area (Å²) in [5, 5.41) is 21.5. The largest absolute Gasteiger partial charge is 0.477 e. The van der Waals surface area contributed by atoms with Gasteiger partial charge >= 0.3 is 14.2 Å². The van der Waals surface area contributed by atoms with E-state index in [2.05, 4.69) is 31.9 Å². The average molecular weight is 412 g/mol. The summed E-state index contributed by atoms with van der Waals surface area (Å²) in [4.78, 5) is 0. The van der Waals surface area contributed by atoms with E-state index in [1.54, 1.807) is 24.3 Å². The Morgan fingerprint density at radius 1 is 0.714 bits per heavy atom. The zero-order chi connectivity index (χ0) is 15.2. The minimum Gasteiger partial charge on any atom is -0.443 e. The van der Waals surface area contributed by atoms with Gasteiger partial charge in [0.15, 0.2) is 0 Å². The molecule has 0 spiro atoms. The topological polar surface area (TPSA) is 49.7 Å². The van der Waals surface area contributed by atoms with Crippen LogP contribution in [0.5, 0.6) is 0 Å². The maximum absolute atomic E-state index is 10.0. The van der Waals surface area contributed by atoms with E-state index in [-0.39, 0.29) is 0 Å². The van der Waals surface area contributed by atoms with Gasteiger partial charge in [0.05, 0.1) is 0 Å². The molecule has 7 heteroatoms. The van der Waals surface area contributed by atoms with E-state index in [4.69, 9.17) is 4.57 Å². The Kier molecular flexibility index (Phi) is 6.51. The lowest BCUT2D eigenvalue weighted by Crippen LogP contribution is -2.45. The summed E-state index contributed by atoms with van der Waals surface area (Å²) in [6, 6.07) is 14.7. The zero-order valence-electron chi connectivity index (χ0n) is 11.2. The predicted octanol–water partition coefficient (Wildman–Crippen LogP) is 1.57. The fraction of sp³-hybridized carbons (Fsp3) is 0.143. The summed E-state index contributed by atoms with van der Waals surface area (Å²) in [5.74, 6) is 0. The highest BCUT2D eigenvalue weighted by Gasteiger charge is 2.25. The van der Waals surface area contributed by atoms with Crippen LogP contribution >= 0.6 is 31.9 Å². The number of hydrogen-bond donors (Lipinski definition) is 2. The molecular formula is C14H14B2Br2O3. The van der Waals surface area contributed by atoms with Gasteiger partial charge in [-0.15, -0.1) is 0 Å². The molecule has 2 N–H and O–H groups in total.